The highest BCUT2D eigenvalue weighted by Gasteiger charge is 2.27. The molecule has 0 saturated heterocycles. The number of amidine groups is 1. The predicted octanol–water partition coefficient (Wildman–Crippen LogP) is 2.63. The topological polar surface area (TPSA) is 38.4 Å². The van der Waals surface area contributed by atoms with Gasteiger partial charge in [0.2, 0.25) is 0 Å². The highest BCUT2D eigenvalue weighted by molar-refractivity contribution is 8.13. The average Bonchev–Trinajstić information content (AvgIpc) is 2.02. The van der Waals surface area contributed by atoms with Crippen LogP contribution in [0.3, 0.4) is 0 Å². The van der Waals surface area contributed by atoms with E-state index in [0.717, 1.165) is 5.17 Å². The predicted molar refractivity (Wildman–Crippen MR) is 61.2 cm³/mol. The number of nitrogens with zero attached hydrogens (tertiary/aromatic N) is 1. The normalized spacial score (nSPS) is 28.8. The minimum Gasteiger partial charge on any atom is -0.379 e. The van der Waals surface area contributed by atoms with Crippen LogP contribution in [0, 0.1) is 5.41 Å². The van der Waals surface area contributed by atoms with Gasteiger partial charge < -0.3 is 5.73 Å². The summed E-state index contributed by atoms with van der Waals surface area (Å²) >= 11 is 1.55. The van der Waals surface area contributed by atoms with Gasteiger partial charge in [-0.25, -0.2) is 0 Å². The maximum Gasteiger partial charge on any atom is 0.153 e. The van der Waals surface area contributed by atoms with Gasteiger partial charge in [0, 0.05) is 0 Å². The van der Waals surface area contributed by atoms with Crippen LogP contribution in [0.5, 0.6) is 0 Å². The molecular formula is C10H20N2S. The van der Waals surface area contributed by atoms with E-state index in [-0.39, 0.29) is 0 Å². The van der Waals surface area contributed by atoms with Crippen molar-refractivity contribution in [2.75, 3.05) is 6.26 Å². The summed E-state index contributed by atoms with van der Waals surface area (Å²) in [7, 11) is 0. The quantitative estimate of drug-likeness (QED) is 0.522. The van der Waals surface area contributed by atoms with Crippen molar-refractivity contribution in [2.45, 2.75) is 45.6 Å². The minimum absolute atomic E-state index is 0.463. The Hall–Kier alpha value is -0.180. The van der Waals surface area contributed by atoms with E-state index in [1.54, 1.807) is 11.8 Å². The summed E-state index contributed by atoms with van der Waals surface area (Å²) in [5.74, 6) is 0. The fourth-order valence-corrected chi connectivity index (χ4v) is 2.26. The highest BCUT2D eigenvalue weighted by atomic mass is 32.2. The number of hydrogen-bond acceptors (Lipinski definition) is 2. The molecule has 0 aliphatic heterocycles. The molecule has 2 nitrogen and oxygen atoms in total. The molecule has 0 amide bonds. The summed E-state index contributed by atoms with van der Waals surface area (Å²) in [6.07, 6.45) is 7.01. The first-order chi connectivity index (χ1) is 6.03. The molecule has 0 aromatic rings. The average molecular weight is 200 g/mol. The zero-order valence-corrected chi connectivity index (χ0v) is 9.66. The monoisotopic (exact) mass is 200 g/mol. The molecule has 1 atom stereocenters. The molecule has 0 bridgehead atoms. The number of nitrogens with two attached hydrogens (primary N) is 1. The number of hydrogen-bond donors (Lipinski definition) is 1. The van der Waals surface area contributed by atoms with Crippen molar-refractivity contribution >= 4 is 16.9 Å². The van der Waals surface area contributed by atoms with Gasteiger partial charge in [-0.15, -0.1) is 0 Å². The second kappa shape index (κ2) is 4.36. The largest absolute Gasteiger partial charge is 0.379 e. The van der Waals surface area contributed by atoms with Gasteiger partial charge in [0.1, 0.15) is 0 Å². The molecule has 0 unspecified atom stereocenters. The fourth-order valence-electron chi connectivity index (χ4n) is 2.00. The van der Waals surface area contributed by atoms with Gasteiger partial charge in [0.05, 0.1) is 6.04 Å². The highest BCUT2D eigenvalue weighted by Crippen LogP contribution is 2.36. The van der Waals surface area contributed by atoms with E-state index in [0.29, 0.717) is 11.5 Å². The standard InChI is InChI=1S/C10H20N2S/c1-10(2)6-4-5-8(7-10)12-9(11)13-3/h8H,4-7H2,1-3H3,(H2,11,12)/t8-/m0/s1. The van der Waals surface area contributed by atoms with Crippen LogP contribution in [-0.2, 0) is 0 Å². The van der Waals surface area contributed by atoms with Crippen LogP contribution < -0.4 is 5.73 Å². The summed E-state index contributed by atoms with van der Waals surface area (Å²) in [5, 5.41) is 0.739. The van der Waals surface area contributed by atoms with Crippen molar-refractivity contribution in [3.8, 4) is 0 Å². The van der Waals surface area contributed by atoms with Gasteiger partial charge in [-0.1, -0.05) is 32.0 Å². The zero-order valence-electron chi connectivity index (χ0n) is 8.84. The van der Waals surface area contributed by atoms with Gasteiger partial charge in [-0.05, 0) is 30.9 Å². The first-order valence-corrected chi connectivity index (χ1v) is 6.13. The zero-order chi connectivity index (χ0) is 9.90. The Morgan fingerprint density at radius 2 is 2.23 bits per heavy atom. The number of rotatable bonds is 1. The number of thioether (sulfide) groups is 1. The Morgan fingerprint density at radius 1 is 1.54 bits per heavy atom. The van der Waals surface area contributed by atoms with E-state index in [1.807, 2.05) is 6.26 Å². The first kappa shape index (κ1) is 10.9. The van der Waals surface area contributed by atoms with E-state index in [1.165, 1.54) is 25.7 Å². The third-order valence-corrected chi connectivity index (χ3v) is 3.22. The lowest BCUT2D eigenvalue weighted by molar-refractivity contribution is 0.222. The Morgan fingerprint density at radius 3 is 2.77 bits per heavy atom. The van der Waals surface area contributed by atoms with Gasteiger partial charge >= 0.3 is 0 Å². The lowest BCUT2D eigenvalue weighted by Gasteiger charge is -2.33. The van der Waals surface area contributed by atoms with Gasteiger partial charge in [-0.3, -0.25) is 4.99 Å². The van der Waals surface area contributed by atoms with Crippen LogP contribution in [0.2, 0.25) is 0 Å². The van der Waals surface area contributed by atoms with Gasteiger partial charge in [0.25, 0.3) is 0 Å². The van der Waals surface area contributed by atoms with E-state index >= 15 is 0 Å². The molecule has 76 valence electrons. The Labute approximate surface area is 85.4 Å². The SMILES string of the molecule is CSC(N)=N[C@H]1CCCC(C)(C)C1. The molecule has 0 aromatic carbocycles. The Balaban J connectivity index is 2.52. The third kappa shape index (κ3) is 3.59. The maximum atomic E-state index is 5.71. The van der Waals surface area contributed by atoms with Crippen LogP contribution in [0.1, 0.15) is 39.5 Å². The van der Waals surface area contributed by atoms with Crippen LogP contribution >= 0.6 is 11.8 Å². The lowest BCUT2D eigenvalue weighted by Crippen LogP contribution is -2.26. The molecule has 1 fully saturated rings. The molecule has 3 heteroatoms. The molecular weight excluding hydrogens is 180 g/mol. The van der Waals surface area contributed by atoms with Crippen molar-refractivity contribution < 1.29 is 0 Å². The fraction of sp³-hybridized carbons (Fsp3) is 0.900. The summed E-state index contributed by atoms with van der Waals surface area (Å²) in [6.45, 7) is 4.65. The molecule has 1 rings (SSSR count). The molecule has 0 radical (unpaired) electrons. The maximum absolute atomic E-state index is 5.71. The summed E-state index contributed by atoms with van der Waals surface area (Å²) in [4.78, 5) is 4.51. The molecule has 2 N–H and O–H groups in total. The molecule has 0 spiro atoms. The van der Waals surface area contributed by atoms with Crippen LogP contribution in [-0.4, -0.2) is 17.5 Å². The smallest absolute Gasteiger partial charge is 0.153 e. The van der Waals surface area contributed by atoms with E-state index < -0.39 is 0 Å². The minimum atomic E-state index is 0.463. The summed E-state index contributed by atoms with van der Waals surface area (Å²) in [5.41, 5.74) is 6.17. The second-order valence-electron chi connectivity index (χ2n) is 4.59. The number of aliphatic imine (C=N–C) groups is 1. The second-order valence-corrected chi connectivity index (χ2v) is 5.41. The van der Waals surface area contributed by atoms with Gasteiger partial charge in [-0.2, -0.15) is 0 Å². The molecule has 1 aliphatic carbocycles. The summed E-state index contributed by atoms with van der Waals surface area (Å²) < 4.78 is 0. The molecule has 0 aromatic heterocycles. The van der Waals surface area contributed by atoms with E-state index in [2.05, 4.69) is 18.8 Å². The van der Waals surface area contributed by atoms with Crippen molar-refractivity contribution in [3.05, 3.63) is 0 Å². The van der Waals surface area contributed by atoms with E-state index in [9.17, 15) is 0 Å². The van der Waals surface area contributed by atoms with Crippen molar-refractivity contribution in [1.82, 2.24) is 0 Å². The van der Waals surface area contributed by atoms with Gasteiger partial charge in [0.15, 0.2) is 5.17 Å². The molecule has 1 saturated carbocycles. The van der Waals surface area contributed by atoms with Crippen molar-refractivity contribution in [2.24, 2.45) is 16.1 Å². The molecule has 0 heterocycles. The molecule has 1 aliphatic rings. The van der Waals surface area contributed by atoms with Crippen molar-refractivity contribution in [3.63, 3.8) is 0 Å². The van der Waals surface area contributed by atoms with Crippen LogP contribution in [0.15, 0.2) is 4.99 Å². The van der Waals surface area contributed by atoms with Crippen molar-refractivity contribution in [1.29, 1.82) is 0 Å². The summed E-state index contributed by atoms with van der Waals surface area (Å²) in [6, 6.07) is 0.469. The molecule has 13 heavy (non-hydrogen) atoms. The lowest BCUT2D eigenvalue weighted by atomic mass is 9.75. The van der Waals surface area contributed by atoms with Crippen LogP contribution in [0.4, 0.5) is 0 Å². The van der Waals surface area contributed by atoms with E-state index in [4.69, 9.17) is 5.73 Å². The Bertz CT molecular complexity index is 199. The first-order valence-electron chi connectivity index (χ1n) is 4.91. The van der Waals surface area contributed by atoms with Crippen LogP contribution in [0.25, 0.3) is 0 Å². The Kier molecular flexibility index (Phi) is 3.65. The third-order valence-electron chi connectivity index (χ3n) is 2.70.